The van der Waals surface area contributed by atoms with E-state index in [0.29, 0.717) is 0 Å². The van der Waals surface area contributed by atoms with Crippen molar-refractivity contribution in [3.8, 4) is 0 Å². The molecule has 0 unspecified atom stereocenters. The number of amides is 1. The summed E-state index contributed by atoms with van der Waals surface area (Å²) in [6.45, 7) is 7.59. The van der Waals surface area contributed by atoms with Crippen molar-refractivity contribution in [2.75, 3.05) is 26.2 Å². The second-order valence-corrected chi connectivity index (χ2v) is 8.44. The summed E-state index contributed by atoms with van der Waals surface area (Å²) >= 11 is 0. The molecule has 2 aromatic rings. The molecule has 0 spiro atoms. The molecule has 0 radical (unpaired) electrons. The van der Waals surface area contributed by atoms with E-state index in [2.05, 4.69) is 66.8 Å². The highest BCUT2D eigenvalue weighted by Crippen LogP contribution is 2.29. The van der Waals surface area contributed by atoms with Crippen molar-refractivity contribution >= 4 is 5.91 Å². The summed E-state index contributed by atoms with van der Waals surface area (Å²) in [5.41, 5.74) is 4.13. The van der Waals surface area contributed by atoms with Crippen LogP contribution >= 0.6 is 0 Å². The van der Waals surface area contributed by atoms with Gasteiger partial charge in [0.1, 0.15) is 32.7 Å². The van der Waals surface area contributed by atoms with Crippen molar-refractivity contribution in [3.63, 3.8) is 0 Å². The summed E-state index contributed by atoms with van der Waals surface area (Å²) in [4.78, 5) is 16.0. The first-order valence-electron chi connectivity index (χ1n) is 10.8. The minimum atomic E-state index is 0.0207. The number of quaternary nitrogens is 2. The number of hydrogen-bond donors (Lipinski definition) is 3. The molecule has 4 nitrogen and oxygen atoms in total. The van der Waals surface area contributed by atoms with E-state index in [-0.39, 0.29) is 18.0 Å². The van der Waals surface area contributed by atoms with Gasteiger partial charge in [-0.25, -0.2) is 0 Å². The fraction of sp³-hybridized carbons (Fsp3) is 0.458. The predicted molar refractivity (Wildman–Crippen MR) is 111 cm³/mol. The number of aryl methyl sites for hydroxylation is 1. The smallest absolute Gasteiger partial charge is 0.278 e. The second-order valence-electron chi connectivity index (χ2n) is 8.44. The van der Waals surface area contributed by atoms with Gasteiger partial charge in [0, 0.05) is 5.56 Å². The minimum absolute atomic E-state index is 0.0207. The Labute approximate surface area is 168 Å². The van der Waals surface area contributed by atoms with E-state index in [0.717, 1.165) is 52.0 Å². The lowest BCUT2D eigenvalue weighted by molar-refractivity contribution is -1.02. The number of fused-ring (bicyclic) bond motifs is 1. The monoisotopic (exact) mass is 379 g/mol. The summed E-state index contributed by atoms with van der Waals surface area (Å²) in [7, 11) is 0. The van der Waals surface area contributed by atoms with Gasteiger partial charge in [0.15, 0.2) is 6.04 Å². The van der Waals surface area contributed by atoms with E-state index >= 15 is 0 Å². The number of carbonyl (C=O) groups is 1. The summed E-state index contributed by atoms with van der Waals surface area (Å²) in [5, 5.41) is 3.36. The number of nitrogens with one attached hydrogen (secondary N) is 3. The van der Waals surface area contributed by atoms with E-state index in [1.54, 1.807) is 4.90 Å². The third kappa shape index (κ3) is 4.45. The molecule has 1 aliphatic heterocycles. The van der Waals surface area contributed by atoms with Gasteiger partial charge in [-0.3, -0.25) is 4.79 Å². The van der Waals surface area contributed by atoms with Gasteiger partial charge < -0.3 is 15.1 Å². The average molecular weight is 380 g/mol. The largest absolute Gasteiger partial charge is 0.344 e. The van der Waals surface area contributed by atoms with Crippen LogP contribution in [-0.4, -0.2) is 38.1 Å². The lowest BCUT2D eigenvalue weighted by atomic mass is 9.87. The lowest BCUT2D eigenvalue weighted by Crippen LogP contribution is -3.29. The average Bonchev–Trinajstić information content (AvgIpc) is 2.75. The van der Waals surface area contributed by atoms with Crippen LogP contribution in [0.25, 0.3) is 0 Å². The van der Waals surface area contributed by atoms with Crippen molar-refractivity contribution in [2.24, 2.45) is 0 Å². The fourth-order valence-corrected chi connectivity index (χ4v) is 4.80. The topological polar surface area (TPSA) is 38.0 Å². The van der Waals surface area contributed by atoms with Gasteiger partial charge in [-0.05, 0) is 37.3 Å². The minimum Gasteiger partial charge on any atom is -0.344 e. The van der Waals surface area contributed by atoms with Crippen LogP contribution in [0.5, 0.6) is 0 Å². The van der Waals surface area contributed by atoms with Gasteiger partial charge >= 0.3 is 0 Å². The van der Waals surface area contributed by atoms with Crippen LogP contribution in [0, 0.1) is 0 Å². The molecule has 1 fully saturated rings. The van der Waals surface area contributed by atoms with E-state index in [1.807, 2.05) is 0 Å². The molecule has 3 N–H and O–H groups in total. The lowest BCUT2D eigenvalue weighted by Gasteiger charge is -2.34. The highest BCUT2D eigenvalue weighted by molar-refractivity contribution is 5.80. The molecule has 4 rings (SSSR count). The third-order valence-corrected chi connectivity index (χ3v) is 6.59. The Kier molecular flexibility index (Phi) is 6.08. The molecule has 0 bridgehead atoms. The molecular formula is C24H33N3O+2. The Balaban J connectivity index is 1.29. The summed E-state index contributed by atoms with van der Waals surface area (Å²) in [5.74, 6) is 0.211. The first kappa shape index (κ1) is 19.2. The Morgan fingerprint density at radius 1 is 1.04 bits per heavy atom. The molecule has 28 heavy (non-hydrogen) atoms. The van der Waals surface area contributed by atoms with E-state index < -0.39 is 0 Å². The number of benzene rings is 2. The molecule has 2 aromatic carbocycles. The van der Waals surface area contributed by atoms with Gasteiger partial charge in [-0.15, -0.1) is 0 Å². The quantitative estimate of drug-likeness (QED) is 0.698. The second kappa shape index (κ2) is 8.89. The van der Waals surface area contributed by atoms with Gasteiger partial charge in [-0.2, -0.15) is 0 Å². The van der Waals surface area contributed by atoms with E-state index in [9.17, 15) is 4.79 Å². The van der Waals surface area contributed by atoms with Crippen molar-refractivity contribution in [3.05, 3.63) is 71.3 Å². The first-order valence-corrected chi connectivity index (χ1v) is 10.8. The zero-order valence-electron chi connectivity index (χ0n) is 16.9. The van der Waals surface area contributed by atoms with Crippen LogP contribution in [0.2, 0.25) is 0 Å². The molecule has 1 aliphatic carbocycles. The predicted octanol–water partition coefficient (Wildman–Crippen LogP) is 0.552. The fourth-order valence-electron chi connectivity index (χ4n) is 4.80. The molecule has 1 saturated heterocycles. The van der Waals surface area contributed by atoms with E-state index in [1.165, 1.54) is 21.6 Å². The van der Waals surface area contributed by atoms with Crippen molar-refractivity contribution in [1.29, 1.82) is 0 Å². The van der Waals surface area contributed by atoms with Crippen molar-refractivity contribution < 1.29 is 14.6 Å². The summed E-state index contributed by atoms with van der Waals surface area (Å²) < 4.78 is 0. The van der Waals surface area contributed by atoms with Crippen molar-refractivity contribution in [2.45, 2.75) is 44.8 Å². The number of rotatable bonds is 5. The molecular weight excluding hydrogens is 346 g/mol. The zero-order chi connectivity index (χ0) is 19.3. The van der Waals surface area contributed by atoms with Gasteiger partial charge in [0.05, 0.1) is 6.04 Å². The maximum atomic E-state index is 13.0. The first-order chi connectivity index (χ1) is 13.7. The third-order valence-electron chi connectivity index (χ3n) is 6.59. The normalized spacial score (nSPS) is 25.5. The molecule has 2 aliphatic rings. The molecule has 1 amide bonds. The molecule has 4 heteroatoms. The highest BCUT2D eigenvalue weighted by Gasteiger charge is 2.32. The van der Waals surface area contributed by atoms with Crippen LogP contribution < -0.4 is 15.1 Å². The Hall–Kier alpha value is -2.17. The SMILES string of the molecule is C[C@H](C(=O)N[C@H]1CCCc2ccccc21)[NH+]1CC[NH+](Cc2ccccc2)CC1. The van der Waals surface area contributed by atoms with Crippen molar-refractivity contribution in [1.82, 2.24) is 5.32 Å². The Morgan fingerprint density at radius 2 is 1.75 bits per heavy atom. The van der Waals surface area contributed by atoms with Gasteiger partial charge in [0.2, 0.25) is 0 Å². The molecule has 148 valence electrons. The summed E-state index contributed by atoms with van der Waals surface area (Å²) in [6.07, 6.45) is 3.35. The highest BCUT2D eigenvalue weighted by atomic mass is 16.2. The Morgan fingerprint density at radius 3 is 2.54 bits per heavy atom. The molecule has 0 saturated carbocycles. The summed E-state index contributed by atoms with van der Waals surface area (Å²) in [6, 6.07) is 19.5. The zero-order valence-corrected chi connectivity index (χ0v) is 16.9. The number of piperazine rings is 1. The molecule has 2 atom stereocenters. The maximum absolute atomic E-state index is 13.0. The van der Waals surface area contributed by atoms with Gasteiger partial charge in [0.25, 0.3) is 5.91 Å². The number of carbonyl (C=O) groups excluding carboxylic acids is 1. The molecule has 0 aromatic heterocycles. The maximum Gasteiger partial charge on any atom is 0.278 e. The van der Waals surface area contributed by atoms with Crippen LogP contribution in [-0.2, 0) is 17.8 Å². The standard InChI is InChI=1S/C24H31N3O/c1-19(24(28)25-23-13-7-11-21-10-5-6-12-22(21)23)27-16-14-26(15-17-27)18-20-8-3-2-4-9-20/h2-6,8-10,12,19,23H,7,11,13-18H2,1H3,(H,25,28)/p+2/t19-,23+/m1/s1. The van der Waals surface area contributed by atoms with E-state index in [4.69, 9.17) is 0 Å². The van der Waals surface area contributed by atoms with Crippen LogP contribution in [0.4, 0.5) is 0 Å². The van der Waals surface area contributed by atoms with Gasteiger partial charge in [-0.1, -0.05) is 54.6 Å². The number of hydrogen-bond acceptors (Lipinski definition) is 1. The van der Waals surface area contributed by atoms with Crippen LogP contribution in [0.3, 0.4) is 0 Å². The van der Waals surface area contributed by atoms with Crippen LogP contribution in [0.1, 0.15) is 42.5 Å². The Bertz CT molecular complexity index is 783. The van der Waals surface area contributed by atoms with Crippen LogP contribution in [0.15, 0.2) is 54.6 Å². The molecule has 1 heterocycles.